The third kappa shape index (κ3) is 3.16. The Morgan fingerprint density at radius 1 is 1.29 bits per heavy atom. The quantitative estimate of drug-likeness (QED) is 0.902. The molecule has 0 aliphatic heterocycles. The van der Waals surface area contributed by atoms with Gasteiger partial charge in [-0.2, -0.15) is 13.2 Å². The van der Waals surface area contributed by atoms with Crippen LogP contribution in [0.2, 0.25) is 0 Å². The fourth-order valence-electron chi connectivity index (χ4n) is 1.37. The fraction of sp³-hybridized carbons (Fsp3) is 0.400. The van der Waals surface area contributed by atoms with E-state index in [1.165, 1.54) is 0 Å². The maximum Gasteiger partial charge on any atom is 0.411 e. The lowest BCUT2D eigenvalue weighted by atomic mass is 10.4. The summed E-state index contributed by atoms with van der Waals surface area (Å²) in [5.74, 6) is 0.336. The van der Waals surface area contributed by atoms with Gasteiger partial charge in [-0.25, -0.2) is 9.97 Å². The largest absolute Gasteiger partial charge is 0.411 e. The zero-order valence-corrected chi connectivity index (χ0v) is 9.01. The van der Waals surface area contributed by atoms with E-state index in [4.69, 9.17) is 0 Å². The Bertz CT molecular complexity index is 521. The molecule has 4 nitrogen and oxygen atoms in total. The minimum absolute atomic E-state index is 0.213. The van der Waals surface area contributed by atoms with Crippen LogP contribution in [-0.4, -0.2) is 27.7 Å². The average Bonchev–Trinajstić information content (AvgIpc) is 2.57. The van der Waals surface area contributed by atoms with Gasteiger partial charge in [-0.3, -0.25) is 0 Å². The molecule has 7 heteroatoms. The van der Waals surface area contributed by atoms with Crippen molar-refractivity contribution in [2.24, 2.45) is 0 Å². The molecule has 0 bridgehead atoms. The standard InChI is InChI=1S/C10H10F3N3O/c1-6-2-3-7-9(14-6)16-8(15-7)4-17-5-10(11,12)13/h2-3H,4-5H2,1H3,(H,14,15,16). The van der Waals surface area contributed by atoms with E-state index in [9.17, 15) is 13.2 Å². The average molecular weight is 245 g/mol. The Labute approximate surface area is 94.8 Å². The summed E-state index contributed by atoms with van der Waals surface area (Å²) in [6, 6.07) is 3.57. The number of alkyl halides is 3. The summed E-state index contributed by atoms with van der Waals surface area (Å²) in [6.45, 7) is 0.319. The van der Waals surface area contributed by atoms with E-state index in [1.54, 1.807) is 12.1 Å². The number of rotatable bonds is 3. The smallest absolute Gasteiger partial charge is 0.364 e. The van der Waals surface area contributed by atoms with Crippen LogP contribution < -0.4 is 0 Å². The second kappa shape index (κ2) is 4.33. The number of ether oxygens (including phenoxy) is 1. The number of hydrogen-bond acceptors (Lipinski definition) is 3. The molecule has 0 aliphatic carbocycles. The van der Waals surface area contributed by atoms with Crippen molar-refractivity contribution in [2.45, 2.75) is 19.7 Å². The van der Waals surface area contributed by atoms with Crippen molar-refractivity contribution in [2.75, 3.05) is 6.61 Å². The van der Waals surface area contributed by atoms with Crippen molar-refractivity contribution in [1.29, 1.82) is 0 Å². The van der Waals surface area contributed by atoms with Crippen LogP contribution in [0.4, 0.5) is 13.2 Å². The molecule has 0 saturated heterocycles. The Morgan fingerprint density at radius 2 is 2.06 bits per heavy atom. The molecule has 0 aromatic carbocycles. The minimum atomic E-state index is -4.32. The van der Waals surface area contributed by atoms with Gasteiger partial charge in [0, 0.05) is 5.69 Å². The molecule has 2 aromatic heterocycles. The number of aromatic amines is 1. The number of aryl methyl sites for hydroxylation is 1. The highest BCUT2D eigenvalue weighted by Gasteiger charge is 2.27. The number of aromatic nitrogens is 3. The predicted molar refractivity (Wildman–Crippen MR) is 54.3 cm³/mol. The van der Waals surface area contributed by atoms with E-state index >= 15 is 0 Å². The third-order valence-electron chi connectivity index (χ3n) is 2.04. The van der Waals surface area contributed by atoms with E-state index in [1.807, 2.05) is 6.92 Å². The van der Waals surface area contributed by atoms with Crippen LogP contribution in [-0.2, 0) is 11.3 Å². The molecular formula is C10H10F3N3O. The lowest BCUT2D eigenvalue weighted by Gasteiger charge is -2.05. The maximum absolute atomic E-state index is 11.8. The molecule has 0 unspecified atom stereocenters. The highest BCUT2D eigenvalue weighted by atomic mass is 19.4. The first kappa shape index (κ1) is 11.8. The Kier molecular flexibility index (Phi) is 3.01. The van der Waals surface area contributed by atoms with Crippen molar-refractivity contribution in [3.8, 4) is 0 Å². The van der Waals surface area contributed by atoms with Gasteiger partial charge in [0.1, 0.15) is 19.0 Å². The third-order valence-corrected chi connectivity index (χ3v) is 2.04. The van der Waals surface area contributed by atoms with Gasteiger partial charge in [-0.05, 0) is 19.1 Å². The molecule has 1 N–H and O–H groups in total. The van der Waals surface area contributed by atoms with Crippen molar-refractivity contribution in [1.82, 2.24) is 15.0 Å². The number of fused-ring (bicyclic) bond motifs is 1. The Morgan fingerprint density at radius 3 is 2.76 bits per heavy atom. The molecule has 2 heterocycles. The number of halogens is 3. The van der Waals surface area contributed by atoms with Crippen LogP contribution >= 0.6 is 0 Å². The molecule has 2 aromatic rings. The molecule has 92 valence electrons. The van der Waals surface area contributed by atoms with Gasteiger partial charge in [0.25, 0.3) is 0 Å². The summed E-state index contributed by atoms with van der Waals surface area (Å²) in [5.41, 5.74) is 1.96. The van der Waals surface area contributed by atoms with Crippen molar-refractivity contribution in [3.05, 3.63) is 23.7 Å². The van der Waals surface area contributed by atoms with Gasteiger partial charge < -0.3 is 9.72 Å². The molecule has 17 heavy (non-hydrogen) atoms. The molecular weight excluding hydrogens is 235 g/mol. The number of imidazole rings is 1. The van der Waals surface area contributed by atoms with Crippen LogP contribution in [0.25, 0.3) is 11.2 Å². The van der Waals surface area contributed by atoms with Crippen LogP contribution in [0.5, 0.6) is 0 Å². The van der Waals surface area contributed by atoms with Gasteiger partial charge >= 0.3 is 6.18 Å². The Hall–Kier alpha value is -1.63. The summed E-state index contributed by atoms with van der Waals surface area (Å²) in [4.78, 5) is 11.0. The second-order valence-electron chi connectivity index (χ2n) is 3.62. The summed E-state index contributed by atoms with van der Waals surface area (Å²) >= 11 is 0. The SMILES string of the molecule is Cc1ccc2[nH]c(COCC(F)(F)F)nc2n1. The molecule has 0 fully saturated rings. The first-order valence-electron chi connectivity index (χ1n) is 4.91. The van der Waals surface area contributed by atoms with E-state index in [0.29, 0.717) is 17.0 Å². The van der Waals surface area contributed by atoms with Crippen LogP contribution in [0, 0.1) is 6.92 Å². The number of pyridine rings is 1. The molecule has 0 saturated carbocycles. The molecule has 2 rings (SSSR count). The minimum Gasteiger partial charge on any atom is -0.364 e. The van der Waals surface area contributed by atoms with Gasteiger partial charge in [-0.15, -0.1) is 0 Å². The van der Waals surface area contributed by atoms with Gasteiger partial charge in [0.15, 0.2) is 5.65 Å². The highest BCUT2D eigenvalue weighted by molar-refractivity contribution is 5.70. The molecule has 0 spiro atoms. The topological polar surface area (TPSA) is 50.8 Å². The van der Waals surface area contributed by atoms with Crippen molar-refractivity contribution < 1.29 is 17.9 Å². The summed E-state index contributed by atoms with van der Waals surface area (Å²) in [6.07, 6.45) is -4.32. The molecule has 0 amide bonds. The van der Waals surface area contributed by atoms with Gasteiger partial charge in [-0.1, -0.05) is 0 Å². The lowest BCUT2D eigenvalue weighted by molar-refractivity contribution is -0.177. The predicted octanol–water partition coefficient (Wildman–Crippen LogP) is 2.35. The van der Waals surface area contributed by atoms with Crippen LogP contribution in [0.15, 0.2) is 12.1 Å². The highest BCUT2D eigenvalue weighted by Crippen LogP contribution is 2.16. The van der Waals surface area contributed by atoms with Gasteiger partial charge in [0.2, 0.25) is 0 Å². The normalized spacial score (nSPS) is 12.2. The van der Waals surface area contributed by atoms with Crippen LogP contribution in [0.3, 0.4) is 0 Å². The first-order chi connectivity index (χ1) is 7.94. The van der Waals surface area contributed by atoms with E-state index in [2.05, 4.69) is 19.7 Å². The van der Waals surface area contributed by atoms with Gasteiger partial charge in [0.05, 0.1) is 5.52 Å². The van der Waals surface area contributed by atoms with E-state index in [-0.39, 0.29) is 6.61 Å². The van der Waals surface area contributed by atoms with Crippen molar-refractivity contribution in [3.63, 3.8) is 0 Å². The first-order valence-corrected chi connectivity index (χ1v) is 4.91. The zero-order chi connectivity index (χ0) is 12.5. The summed E-state index contributed by atoms with van der Waals surface area (Å²) < 4.78 is 40.0. The van der Waals surface area contributed by atoms with E-state index in [0.717, 1.165) is 5.69 Å². The molecule has 0 aliphatic rings. The Balaban J connectivity index is 2.05. The second-order valence-corrected chi connectivity index (χ2v) is 3.62. The molecule has 0 radical (unpaired) electrons. The number of nitrogens with zero attached hydrogens (tertiary/aromatic N) is 2. The zero-order valence-electron chi connectivity index (χ0n) is 9.01. The lowest BCUT2D eigenvalue weighted by Crippen LogP contribution is -2.16. The number of hydrogen-bond donors (Lipinski definition) is 1. The monoisotopic (exact) mass is 245 g/mol. The molecule has 0 atom stereocenters. The fourth-order valence-corrected chi connectivity index (χ4v) is 1.37. The van der Waals surface area contributed by atoms with E-state index < -0.39 is 12.8 Å². The summed E-state index contributed by atoms with van der Waals surface area (Å²) in [7, 11) is 0. The number of nitrogens with one attached hydrogen (secondary N) is 1. The number of H-pyrrole nitrogens is 1. The summed E-state index contributed by atoms with van der Waals surface area (Å²) in [5, 5.41) is 0. The maximum atomic E-state index is 11.8. The van der Waals surface area contributed by atoms with Crippen molar-refractivity contribution >= 4 is 11.2 Å². The van der Waals surface area contributed by atoms with Crippen LogP contribution in [0.1, 0.15) is 11.5 Å².